The molecule has 18 heavy (non-hydrogen) atoms. The summed E-state index contributed by atoms with van der Waals surface area (Å²) in [6, 6.07) is 0.0447. The highest BCUT2D eigenvalue weighted by atomic mass is 32.1. The number of hydrogen-bond donors (Lipinski definition) is 1. The van der Waals surface area contributed by atoms with E-state index in [-0.39, 0.29) is 11.7 Å². The number of hydrogen-bond acceptors (Lipinski definition) is 7. The molecule has 2 rings (SSSR count). The fourth-order valence-electron chi connectivity index (χ4n) is 1.34. The third-order valence-electron chi connectivity index (χ3n) is 2.23. The number of nitrogens with zero attached hydrogens (tertiary/aromatic N) is 3. The Bertz CT molecular complexity index is 512. The third-order valence-corrected chi connectivity index (χ3v) is 3.19. The van der Waals surface area contributed by atoms with Gasteiger partial charge in [-0.25, -0.2) is 19.7 Å². The molecular formula is C11H12N4O2S. The fraction of sp³-hybridized carbons (Fsp3) is 0.273. The lowest BCUT2D eigenvalue weighted by molar-refractivity contribution is 0.0593. The highest BCUT2D eigenvalue weighted by Crippen LogP contribution is 2.18. The van der Waals surface area contributed by atoms with Gasteiger partial charge in [0.15, 0.2) is 5.69 Å². The van der Waals surface area contributed by atoms with E-state index in [2.05, 4.69) is 25.0 Å². The molecule has 1 N–H and O–H groups in total. The molecule has 7 heteroatoms. The van der Waals surface area contributed by atoms with Crippen LogP contribution >= 0.6 is 11.3 Å². The number of anilines is 1. The summed E-state index contributed by atoms with van der Waals surface area (Å²) >= 11 is 1.57. The summed E-state index contributed by atoms with van der Waals surface area (Å²) < 4.78 is 4.55. The number of ether oxygens (including phenoxy) is 1. The van der Waals surface area contributed by atoms with Crippen LogP contribution in [0.5, 0.6) is 0 Å². The van der Waals surface area contributed by atoms with Crippen LogP contribution in [0.4, 0.5) is 5.82 Å². The molecule has 0 aromatic carbocycles. The first kappa shape index (κ1) is 12.4. The molecule has 0 aliphatic heterocycles. The maximum absolute atomic E-state index is 11.2. The normalized spacial score (nSPS) is 11.9. The minimum absolute atomic E-state index is 0.0447. The van der Waals surface area contributed by atoms with E-state index in [1.165, 1.54) is 19.5 Å². The minimum Gasteiger partial charge on any atom is -0.464 e. The third kappa shape index (κ3) is 2.80. The Morgan fingerprint density at radius 1 is 1.39 bits per heavy atom. The van der Waals surface area contributed by atoms with Crippen molar-refractivity contribution in [2.75, 3.05) is 12.4 Å². The molecule has 0 saturated carbocycles. The molecule has 94 valence electrons. The van der Waals surface area contributed by atoms with Gasteiger partial charge in [-0.15, -0.1) is 11.3 Å². The van der Waals surface area contributed by atoms with Gasteiger partial charge in [-0.1, -0.05) is 0 Å². The number of aromatic nitrogens is 3. The number of nitrogens with one attached hydrogen (secondary N) is 1. The van der Waals surface area contributed by atoms with E-state index >= 15 is 0 Å². The topological polar surface area (TPSA) is 77.0 Å². The Hall–Kier alpha value is -2.02. The number of thiazole rings is 1. The molecule has 1 unspecified atom stereocenters. The molecule has 0 amide bonds. The van der Waals surface area contributed by atoms with Crippen LogP contribution in [0.2, 0.25) is 0 Å². The van der Waals surface area contributed by atoms with Gasteiger partial charge < -0.3 is 10.1 Å². The highest BCUT2D eigenvalue weighted by Gasteiger charge is 2.10. The van der Waals surface area contributed by atoms with Crippen LogP contribution in [0.3, 0.4) is 0 Å². The van der Waals surface area contributed by atoms with Crippen LogP contribution < -0.4 is 5.32 Å². The molecule has 2 aromatic heterocycles. The van der Waals surface area contributed by atoms with Crippen molar-refractivity contribution in [3.63, 3.8) is 0 Å². The van der Waals surface area contributed by atoms with Crippen molar-refractivity contribution in [1.82, 2.24) is 15.0 Å². The first-order valence-corrected chi connectivity index (χ1v) is 6.15. The lowest BCUT2D eigenvalue weighted by atomic mass is 10.3. The molecule has 2 heterocycles. The average Bonchev–Trinajstić information content (AvgIpc) is 2.92. The van der Waals surface area contributed by atoms with E-state index in [9.17, 15) is 4.79 Å². The van der Waals surface area contributed by atoms with Crippen molar-refractivity contribution in [3.8, 4) is 0 Å². The minimum atomic E-state index is -0.498. The molecule has 1 atom stereocenters. The van der Waals surface area contributed by atoms with Gasteiger partial charge in [0.25, 0.3) is 0 Å². The van der Waals surface area contributed by atoms with Crippen molar-refractivity contribution in [1.29, 1.82) is 0 Å². The SMILES string of the molecule is COC(=O)c1cnc(NC(C)c2nccs2)cn1. The quantitative estimate of drug-likeness (QED) is 0.850. The maximum Gasteiger partial charge on any atom is 0.358 e. The Morgan fingerprint density at radius 2 is 2.22 bits per heavy atom. The van der Waals surface area contributed by atoms with Gasteiger partial charge >= 0.3 is 5.97 Å². The largest absolute Gasteiger partial charge is 0.464 e. The zero-order chi connectivity index (χ0) is 13.0. The monoisotopic (exact) mass is 264 g/mol. The Kier molecular flexibility index (Phi) is 3.83. The maximum atomic E-state index is 11.2. The van der Waals surface area contributed by atoms with Crippen LogP contribution in [-0.2, 0) is 4.74 Å². The number of methoxy groups -OCH3 is 1. The molecule has 0 aliphatic carbocycles. The molecule has 0 radical (unpaired) electrons. The van der Waals surface area contributed by atoms with Gasteiger partial charge in [0, 0.05) is 11.6 Å². The van der Waals surface area contributed by atoms with E-state index in [0.717, 1.165) is 5.01 Å². The second-order valence-electron chi connectivity index (χ2n) is 3.51. The number of esters is 1. The fourth-order valence-corrected chi connectivity index (χ4v) is 1.99. The van der Waals surface area contributed by atoms with Gasteiger partial charge in [-0.2, -0.15) is 0 Å². The zero-order valence-electron chi connectivity index (χ0n) is 9.95. The van der Waals surface area contributed by atoms with Gasteiger partial charge in [-0.3, -0.25) is 0 Å². The standard InChI is InChI=1S/C11H12N4O2S/c1-7(10-12-3-4-18-10)15-9-6-13-8(5-14-9)11(16)17-2/h3-7H,1-2H3,(H,14,15). The lowest BCUT2D eigenvalue weighted by Gasteiger charge is -2.11. The zero-order valence-corrected chi connectivity index (χ0v) is 10.8. The highest BCUT2D eigenvalue weighted by molar-refractivity contribution is 7.09. The molecule has 6 nitrogen and oxygen atoms in total. The van der Waals surface area contributed by atoms with E-state index in [4.69, 9.17) is 0 Å². The van der Waals surface area contributed by atoms with Gasteiger partial charge in [-0.05, 0) is 6.92 Å². The van der Waals surface area contributed by atoms with Crippen LogP contribution in [-0.4, -0.2) is 28.0 Å². The van der Waals surface area contributed by atoms with Crippen LogP contribution in [0.15, 0.2) is 24.0 Å². The molecule has 0 spiro atoms. The number of carbonyl (C=O) groups is 1. The summed E-state index contributed by atoms with van der Waals surface area (Å²) in [6.07, 6.45) is 4.63. The molecule has 0 bridgehead atoms. The first-order chi connectivity index (χ1) is 8.70. The van der Waals surface area contributed by atoms with Crippen LogP contribution in [0.25, 0.3) is 0 Å². The average molecular weight is 264 g/mol. The Balaban J connectivity index is 2.04. The summed E-state index contributed by atoms with van der Waals surface area (Å²) in [7, 11) is 1.31. The second-order valence-corrected chi connectivity index (χ2v) is 4.44. The molecule has 0 aliphatic rings. The Morgan fingerprint density at radius 3 is 2.78 bits per heavy atom. The summed E-state index contributed by atoms with van der Waals surface area (Å²) in [5.74, 6) is 0.0902. The van der Waals surface area contributed by atoms with Crippen molar-refractivity contribution < 1.29 is 9.53 Å². The lowest BCUT2D eigenvalue weighted by Crippen LogP contribution is -2.10. The smallest absolute Gasteiger partial charge is 0.358 e. The predicted octanol–water partition coefficient (Wildman–Crippen LogP) is 1.89. The number of carbonyl (C=O) groups excluding carboxylic acids is 1. The van der Waals surface area contributed by atoms with E-state index < -0.39 is 5.97 Å². The molecule has 0 fully saturated rings. The molecule has 0 saturated heterocycles. The predicted molar refractivity (Wildman–Crippen MR) is 67.5 cm³/mol. The Labute approximate surface area is 108 Å². The number of rotatable bonds is 4. The second kappa shape index (κ2) is 5.54. The van der Waals surface area contributed by atoms with E-state index in [0.29, 0.717) is 5.82 Å². The van der Waals surface area contributed by atoms with Crippen LogP contribution in [0, 0.1) is 0 Å². The van der Waals surface area contributed by atoms with Crippen molar-refractivity contribution in [2.24, 2.45) is 0 Å². The molecular weight excluding hydrogens is 252 g/mol. The summed E-state index contributed by atoms with van der Waals surface area (Å²) in [6.45, 7) is 1.98. The van der Waals surface area contributed by atoms with Gasteiger partial charge in [0.2, 0.25) is 0 Å². The summed E-state index contributed by atoms with van der Waals surface area (Å²) in [4.78, 5) is 23.5. The van der Waals surface area contributed by atoms with E-state index in [1.807, 2.05) is 12.3 Å². The van der Waals surface area contributed by atoms with Crippen molar-refractivity contribution >= 4 is 23.1 Å². The van der Waals surface area contributed by atoms with Crippen molar-refractivity contribution in [2.45, 2.75) is 13.0 Å². The van der Waals surface area contributed by atoms with Crippen molar-refractivity contribution in [3.05, 3.63) is 34.7 Å². The van der Waals surface area contributed by atoms with Gasteiger partial charge in [0.05, 0.1) is 25.5 Å². The molecule has 2 aromatic rings. The summed E-state index contributed by atoms with van der Waals surface area (Å²) in [5, 5.41) is 6.03. The van der Waals surface area contributed by atoms with Gasteiger partial charge in [0.1, 0.15) is 10.8 Å². The first-order valence-electron chi connectivity index (χ1n) is 5.27. The summed E-state index contributed by atoms with van der Waals surface area (Å²) in [5.41, 5.74) is 0.185. The van der Waals surface area contributed by atoms with E-state index in [1.54, 1.807) is 17.5 Å². The van der Waals surface area contributed by atoms with Crippen LogP contribution in [0.1, 0.15) is 28.5 Å².